The molecule has 0 aromatic carbocycles. The number of carboxylic acids is 1. The fourth-order valence-corrected chi connectivity index (χ4v) is 1.37. The second-order valence-electron chi connectivity index (χ2n) is 3.08. The molecule has 70 valence electrons. The summed E-state index contributed by atoms with van der Waals surface area (Å²) in [7, 11) is 0. The predicted molar refractivity (Wildman–Crippen MR) is 43.8 cm³/mol. The van der Waals surface area contributed by atoms with E-state index in [1.807, 2.05) is 0 Å². The van der Waals surface area contributed by atoms with Crippen LogP contribution in [0.3, 0.4) is 0 Å². The summed E-state index contributed by atoms with van der Waals surface area (Å²) in [5.74, 6) is -0.927. The van der Waals surface area contributed by atoms with Crippen molar-refractivity contribution in [2.75, 3.05) is 13.2 Å². The van der Waals surface area contributed by atoms with Crippen LogP contribution in [0.2, 0.25) is 0 Å². The lowest BCUT2D eigenvalue weighted by Crippen LogP contribution is -2.32. The fraction of sp³-hybridized carbons (Fsp3) is 0.500. The maximum atomic E-state index is 10.7. The summed E-state index contributed by atoms with van der Waals surface area (Å²) in [4.78, 5) is 10.7. The van der Waals surface area contributed by atoms with E-state index in [1.54, 1.807) is 11.6 Å². The van der Waals surface area contributed by atoms with Gasteiger partial charge in [-0.2, -0.15) is 5.10 Å². The number of ether oxygens (including phenoxy) is 1. The zero-order valence-corrected chi connectivity index (χ0v) is 7.23. The van der Waals surface area contributed by atoms with E-state index in [-0.39, 0.29) is 11.6 Å². The highest BCUT2D eigenvalue weighted by Gasteiger charge is 2.24. The maximum absolute atomic E-state index is 10.7. The quantitative estimate of drug-likeness (QED) is 0.721. The monoisotopic (exact) mass is 182 g/mol. The van der Waals surface area contributed by atoms with Crippen molar-refractivity contribution in [1.29, 1.82) is 0 Å². The van der Waals surface area contributed by atoms with Crippen LogP contribution >= 0.6 is 0 Å². The summed E-state index contributed by atoms with van der Waals surface area (Å²) >= 11 is 0. The number of hydrogen-bond donors (Lipinski definition) is 1. The van der Waals surface area contributed by atoms with Gasteiger partial charge < -0.3 is 9.84 Å². The van der Waals surface area contributed by atoms with Gasteiger partial charge in [-0.1, -0.05) is 0 Å². The maximum Gasteiger partial charge on any atom is 0.339 e. The fourth-order valence-electron chi connectivity index (χ4n) is 1.37. The number of nitrogens with zero attached hydrogens (tertiary/aromatic N) is 2. The molecule has 1 aromatic rings. The SMILES string of the molecule is Cc1c(C(=O)O)cnn1C1COC1. The Morgan fingerprint density at radius 2 is 2.46 bits per heavy atom. The average Bonchev–Trinajstić information content (AvgIpc) is 2.29. The Labute approximate surface area is 74.9 Å². The molecule has 0 saturated carbocycles. The van der Waals surface area contributed by atoms with Gasteiger partial charge in [0.2, 0.25) is 0 Å². The molecule has 0 aliphatic carbocycles. The van der Waals surface area contributed by atoms with E-state index < -0.39 is 5.97 Å². The minimum absolute atomic E-state index is 0.216. The Hall–Kier alpha value is -1.36. The lowest BCUT2D eigenvalue weighted by atomic mass is 10.2. The third-order valence-corrected chi connectivity index (χ3v) is 2.24. The molecule has 2 rings (SSSR count). The number of carboxylic acid groups (broad SMARTS) is 1. The van der Waals surface area contributed by atoms with Gasteiger partial charge in [0.15, 0.2) is 0 Å². The normalized spacial score (nSPS) is 17.0. The molecular formula is C8H10N2O3. The lowest BCUT2D eigenvalue weighted by Gasteiger charge is -2.27. The predicted octanol–water partition coefficient (Wildman–Crippen LogP) is 0.461. The Bertz CT molecular complexity index is 341. The first kappa shape index (κ1) is 8.25. The van der Waals surface area contributed by atoms with E-state index in [0.29, 0.717) is 18.9 Å². The molecular weight excluding hydrogens is 172 g/mol. The van der Waals surface area contributed by atoms with Gasteiger partial charge in [-0.15, -0.1) is 0 Å². The van der Waals surface area contributed by atoms with Crippen LogP contribution in [0.4, 0.5) is 0 Å². The lowest BCUT2D eigenvalue weighted by molar-refractivity contribution is -0.0295. The smallest absolute Gasteiger partial charge is 0.339 e. The number of aromatic carboxylic acids is 1. The van der Waals surface area contributed by atoms with Gasteiger partial charge in [-0.3, -0.25) is 4.68 Å². The van der Waals surface area contributed by atoms with Gasteiger partial charge in [-0.05, 0) is 6.92 Å². The molecule has 0 spiro atoms. The van der Waals surface area contributed by atoms with Crippen LogP contribution in [0, 0.1) is 6.92 Å². The minimum atomic E-state index is -0.927. The topological polar surface area (TPSA) is 64.3 Å². The molecule has 0 unspecified atom stereocenters. The standard InChI is InChI=1S/C8H10N2O3/c1-5-7(8(11)12)2-9-10(5)6-3-13-4-6/h2,6H,3-4H2,1H3,(H,11,12). The summed E-state index contributed by atoms with van der Waals surface area (Å²) in [5.41, 5.74) is 0.965. The Kier molecular flexibility index (Phi) is 1.81. The molecule has 0 radical (unpaired) electrons. The summed E-state index contributed by atoms with van der Waals surface area (Å²) in [5, 5.41) is 12.8. The summed E-state index contributed by atoms with van der Waals surface area (Å²) in [6.07, 6.45) is 1.38. The van der Waals surface area contributed by atoms with Crippen LogP contribution < -0.4 is 0 Å². The van der Waals surface area contributed by atoms with Gasteiger partial charge in [0.1, 0.15) is 5.56 Å². The molecule has 1 aromatic heterocycles. The van der Waals surface area contributed by atoms with E-state index in [9.17, 15) is 4.79 Å². The molecule has 1 aliphatic rings. The van der Waals surface area contributed by atoms with E-state index in [1.165, 1.54) is 6.20 Å². The van der Waals surface area contributed by atoms with E-state index >= 15 is 0 Å². The third-order valence-electron chi connectivity index (χ3n) is 2.24. The van der Waals surface area contributed by atoms with Crippen molar-refractivity contribution in [3.05, 3.63) is 17.5 Å². The second-order valence-corrected chi connectivity index (χ2v) is 3.08. The van der Waals surface area contributed by atoms with Gasteiger partial charge >= 0.3 is 5.97 Å². The first-order chi connectivity index (χ1) is 6.20. The van der Waals surface area contributed by atoms with Crippen LogP contribution in [-0.2, 0) is 4.74 Å². The van der Waals surface area contributed by atoms with Crippen molar-refractivity contribution < 1.29 is 14.6 Å². The van der Waals surface area contributed by atoms with Crippen molar-refractivity contribution in [2.24, 2.45) is 0 Å². The third kappa shape index (κ3) is 1.21. The summed E-state index contributed by atoms with van der Waals surface area (Å²) < 4.78 is 6.72. The number of hydrogen-bond acceptors (Lipinski definition) is 3. The molecule has 2 heterocycles. The Morgan fingerprint density at radius 1 is 1.77 bits per heavy atom. The Balaban J connectivity index is 2.32. The van der Waals surface area contributed by atoms with Crippen molar-refractivity contribution in [1.82, 2.24) is 9.78 Å². The van der Waals surface area contributed by atoms with Crippen molar-refractivity contribution in [3.8, 4) is 0 Å². The molecule has 1 saturated heterocycles. The van der Waals surface area contributed by atoms with Gasteiger partial charge in [-0.25, -0.2) is 4.79 Å². The number of carbonyl (C=O) groups is 1. The van der Waals surface area contributed by atoms with E-state index in [0.717, 1.165) is 0 Å². The van der Waals surface area contributed by atoms with E-state index in [2.05, 4.69) is 5.10 Å². The molecule has 13 heavy (non-hydrogen) atoms. The second kappa shape index (κ2) is 2.85. The number of aromatic nitrogens is 2. The van der Waals surface area contributed by atoms with Crippen molar-refractivity contribution in [3.63, 3.8) is 0 Å². The summed E-state index contributed by atoms with van der Waals surface area (Å²) in [6, 6.07) is 0.216. The molecule has 1 N–H and O–H groups in total. The summed E-state index contributed by atoms with van der Waals surface area (Å²) in [6.45, 7) is 3.01. The van der Waals surface area contributed by atoms with Gasteiger partial charge in [0, 0.05) is 0 Å². The first-order valence-corrected chi connectivity index (χ1v) is 4.05. The van der Waals surface area contributed by atoms with Crippen LogP contribution in [0.15, 0.2) is 6.20 Å². The molecule has 5 nitrogen and oxygen atoms in total. The highest BCUT2D eigenvalue weighted by Crippen LogP contribution is 2.19. The minimum Gasteiger partial charge on any atom is -0.478 e. The largest absolute Gasteiger partial charge is 0.478 e. The number of rotatable bonds is 2. The van der Waals surface area contributed by atoms with Crippen LogP contribution in [0.25, 0.3) is 0 Å². The Morgan fingerprint density at radius 3 is 2.85 bits per heavy atom. The molecule has 0 atom stereocenters. The van der Waals surface area contributed by atoms with E-state index in [4.69, 9.17) is 9.84 Å². The van der Waals surface area contributed by atoms with Crippen molar-refractivity contribution >= 4 is 5.97 Å². The van der Waals surface area contributed by atoms with Gasteiger partial charge in [0.25, 0.3) is 0 Å². The highest BCUT2D eigenvalue weighted by molar-refractivity contribution is 5.88. The zero-order valence-electron chi connectivity index (χ0n) is 7.23. The zero-order chi connectivity index (χ0) is 9.42. The molecule has 0 bridgehead atoms. The average molecular weight is 182 g/mol. The molecule has 1 fully saturated rings. The van der Waals surface area contributed by atoms with Crippen molar-refractivity contribution in [2.45, 2.75) is 13.0 Å². The van der Waals surface area contributed by atoms with Gasteiger partial charge in [0.05, 0.1) is 31.1 Å². The van der Waals surface area contributed by atoms with Crippen LogP contribution in [-0.4, -0.2) is 34.1 Å². The molecule has 5 heteroatoms. The first-order valence-electron chi connectivity index (χ1n) is 4.05. The van der Waals surface area contributed by atoms with Crippen LogP contribution in [0.5, 0.6) is 0 Å². The van der Waals surface area contributed by atoms with Crippen LogP contribution in [0.1, 0.15) is 22.1 Å². The highest BCUT2D eigenvalue weighted by atomic mass is 16.5. The molecule has 0 amide bonds. The molecule has 1 aliphatic heterocycles.